The molecular formula is C30H32N6O3. The summed E-state index contributed by atoms with van der Waals surface area (Å²) >= 11 is 0. The highest BCUT2D eigenvalue weighted by atomic mass is 16.5. The van der Waals surface area contributed by atoms with Crippen LogP contribution in [0.3, 0.4) is 0 Å². The number of hydrogen-bond donors (Lipinski definition) is 0. The lowest BCUT2D eigenvalue weighted by molar-refractivity contribution is 0.166. The van der Waals surface area contributed by atoms with E-state index in [9.17, 15) is 4.79 Å². The van der Waals surface area contributed by atoms with Crippen molar-refractivity contribution in [3.63, 3.8) is 0 Å². The molecule has 3 aliphatic rings. The summed E-state index contributed by atoms with van der Waals surface area (Å²) in [6.07, 6.45) is 12.8. The van der Waals surface area contributed by atoms with Crippen LogP contribution in [0.1, 0.15) is 56.5 Å². The Morgan fingerprint density at radius 1 is 1.10 bits per heavy atom. The molecular weight excluding hydrogens is 492 g/mol. The average molecular weight is 525 g/mol. The van der Waals surface area contributed by atoms with Crippen LogP contribution < -0.4 is 10.4 Å². The number of benzene rings is 1. The smallest absolute Gasteiger partial charge is 0.329 e. The molecule has 0 bridgehead atoms. The largest absolute Gasteiger partial charge is 0.477 e. The Hall–Kier alpha value is -3.85. The fourth-order valence-corrected chi connectivity index (χ4v) is 5.51. The second-order valence-electron chi connectivity index (χ2n) is 11.0. The van der Waals surface area contributed by atoms with Gasteiger partial charge in [0.2, 0.25) is 5.88 Å². The fourth-order valence-electron chi connectivity index (χ4n) is 5.51. The first-order valence-electron chi connectivity index (χ1n) is 13.9. The molecule has 1 saturated heterocycles. The number of aromatic nitrogens is 5. The first-order chi connectivity index (χ1) is 19.1. The molecule has 0 N–H and O–H groups in total. The maximum absolute atomic E-state index is 13.5. The van der Waals surface area contributed by atoms with E-state index in [2.05, 4.69) is 30.1 Å². The molecule has 200 valence electrons. The van der Waals surface area contributed by atoms with Crippen molar-refractivity contribution < 1.29 is 9.47 Å². The van der Waals surface area contributed by atoms with E-state index in [1.165, 1.54) is 0 Å². The van der Waals surface area contributed by atoms with E-state index in [1.54, 1.807) is 17.0 Å². The lowest BCUT2D eigenvalue weighted by atomic mass is 10.1. The molecule has 2 atom stereocenters. The van der Waals surface area contributed by atoms with Gasteiger partial charge in [0.15, 0.2) is 5.82 Å². The Morgan fingerprint density at radius 3 is 2.87 bits per heavy atom. The zero-order valence-corrected chi connectivity index (χ0v) is 22.1. The van der Waals surface area contributed by atoms with Crippen molar-refractivity contribution in [2.75, 3.05) is 19.8 Å². The average Bonchev–Trinajstić information content (AvgIpc) is 3.63. The minimum atomic E-state index is -0.0440. The molecule has 9 heteroatoms. The number of ether oxygens (including phenoxy) is 2. The summed E-state index contributed by atoms with van der Waals surface area (Å²) in [6.45, 7) is 4.43. The Balaban J connectivity index is 1.29. The number of fused-ring (bicyclic) bond motifs is 2. The molecule has 2 unspecified atom stereocenters. The maximum atomic E-state index is 13.5. The summed E-state index contributed by atoms with van der Waals surface area (Å²) in [5, 5.41) is 0.845. The number of rotatable bonds is 7. The number of allylic oxidation sites excluding steroid dienone is 1. The second-order valence-corrected chi connectivity index (χ2v) is 11.0. The van der Waals surface area contributed by atoms with E-state index in [0.29, 0.717) is 36.8 Å². The summed E-state index contributed by atoms with van der Waals surface area (Å²) in [5.74, 6) is 1.87. The number of pyridine rings is 1. The Labute approximate surface area is 226 Å². The van der Waals surface area contributed by atoms with Crippen molar-refractivity contribution in [3.05, 3.63) is 64.6 Å². The first-order valence-corrected chi connectivity index (χ1v) is 13.9. The highest BCUT2D eigenvalue weighted by molar-refractivity contribution is 5.88. The summed E-state index contributed by atoms with van der Waals surface area (Å²) < 4.78 is 15.5. The summed E-state index contributed by atoms with van der Waals surface area (Å²) in [6, 6.07) is 8.31. The van der Waals surface area contributed by atoms with Crippen LogP contribution in [0.15, 0.2) is 52.5 Å². The minimum absolute atomic E-state index is 0.0440. The van der Waals surface area contributed by atoms with Crippen molar-refractivity contribution in [2.45, 2.75) is 51.6 Å². The molecule has 5 heterocycles. The van der Waals surface area contributed by atoms with Gasteiger partial charge in [-0.25, -0.2) is 9.78 Å². The molecule has 2 fully saturated rings. The Kier molecular flexibility index (Phi) is 6.23. The Bertz CT molecular complexity index is 1660. The van der Waals surface area contributed by atoms with Gasteiger partial charge in [-0.1, -0.05) is 19.1 Å². The lowest BCUT2D eigenvalue weighted by Crippen LogP contribution is -2.25. The van der Waals surface area contributed by atoms with Gasteiger partial charge < -0.3 is 9.47 Å². The summed E-state index contributed by atoms with van der Waals surface area (Å²) in [5.41, 5.74) is 4.43. The molecule has 9 nitrogen and oxygen atoms in total. The van der Waals surface area contributed by atoms with E-state index in [1.807, 2.05) is 22.9 Å². The topological polar surface area (TPSA) is 96.4 Å². The van der Waals surface area contributed by atoms with Crippen molar-refractivity contribution in [2.24, 2.45) is 16.8 Å². The SMILES string of the molecule is CC1C=NC(c2ccc3nc(Cn4c(=O)n(C5CC5)c5ccncc54)nc(OCC4CCOC4)c3c2)=CCC1. The van der Waals surface area contributed by atoms with Gasteiger partial charge in [0.05, 0.1) is 53.6 Å². The molecule has 7 rings (SSSR count). The van der Waals surface area contributed by atoms with Crippen LogP contribution in [0.25, 0.3) is 27.6 Å². The quantitative estimate of drug-likeness (QED) is 0.345. The van der Waals surface area contributed by atoms with Crippen molar-refractivity contribution in [1.29, 1.82) is 0 Å². The molecule has 0 radical (unpaired) electrons. The molecule has 0 spiro atoms. The number of imidazole rings is 1. The number of nitrogens with zero attached hydrogens (tertiary/aromatic N) is 6. The third-order valence-corrected chi connectivity index (χ3v) is 7.89. The van der Waals surface area contributed by atoms with Gasteiger partial charge in [-0.3, -0.25) is 19.1 Å². The van der Waals surface area contributed by atoms with Crippen LogP contribution in [0, 0.1) is 11.8 Å². The predicted molar refractivity (Wildman–Crippen MR) is 150 cm³/mol. The van der Waals surface area contributed by atoms with Crippen LogP contribution in [0.2, 0.25) is 0 Å². The van der Waals surface area contributed by atoms with Crippen LogP contribution in [-0.2, 0) is 11.3 Å². The van der Waals surface area contributed by atoms with E-state index >= 15 is 0 Å². The van der Waals surface area contributed by atoms with Crippen LogP contribution in [-0.4, -0.2) is 50.1 Å². The molecule has 0 amide bonds. The first kappa shape index (κ1) is 24.2. The van der Waals surface area contributed by atoms with Gasteiger partial charge in [-0.05, 0) is 56.2 Å². The van der Waals surface area contributed by atoms with E-state index in [0.717, 1.165) is 71.9 Å². The van der Waals surface area contributed by atoms with Crippen molar-refractivity contribution in [3.8, 4) is 5.88 Å². The highest BCUT2D eigenvalue weighted by Crippen LogP contribution is 2.36. The van der Waals surface area contributed by atoms with Gasteiger partial charge in [0.1, 0.15) is 0 Å². The Morgan fingerprint density at radius 2 is 2.03 bits per heavy atom. The predicted octanol–water partition coefficient (Wildman–Crippen LogP) is 4.78. The third kappa shape index (κ3) is 4.76. The molecule has 1 aliphatic carbocycles. The molecule has 39 heavy (non-hydrogen) atoms. The normalized spacial score (nSPS) is 21.4. The number of aliphatic imine (C=N–C) groups is 1. The molecule has 4 aromatic rings. The van der Waals surface area contributed by atoms with Gasteiger partial charge in [0, 0.05) is 36.5 Å². The second kappa shape index (κ2) is 10.0. The minimum Gasteiger partial charge on any atom is -0.477 e. The third-order valence-electron chi connectivity index (χ3n) is 7.89. The fraction of sp³-hybridized carbons (Fsp3) is 0.433. The zero-order chi connectivity index (χ0) is 26.3. The van der Waals surface area contributed by atoms with E-state index in [-0.39, 0.29) is 18.3 Å². The van der Waals surface area contributed by atoms with Gasteiger partial charge in [-0.15, -0.1) is 0 Å². The van der Waals surface area contributed by atoms with Crippen LogP contribution in [0.4, 0.5) is 0 Å². The zero-order valence-electron chi connectivity index (χ0n) is 22.1. The molecule has 1 aromatic carbocycles. The summed E-state index contributed by atoms with van der Waals surface area (Å²) in [4.78, 5) is 32.3. The van der Waals surface area contributed by atoms with Gasteiger partial charge in [0.25, 0.3) is 0 Å². The number of hydrogen-bond acceptors (Lipinski definition) is 7. The van der Waals surface area contributed by atoms with Crippen molar-refractivity contribution >= 4 is 33.8 Å². The molecule has 3 aromatic heterocycles. The van der Waals surface area contributed by atoms with Gasteiger partial charge >= 0.3 is 5.69 Å². The van der Waals surface area contributed by atoms with E-state index < -0.39 is 0 Å². The van der Waals surface area contributed by atoms with Crippen LogP contribution >= 0.6 is 0 Å². The highest BCUT2D eigenvalue weighted by Gasteiger charge is 2.29. The standard InChI is InChI=1S/C30H32N6O3/c1-19-3-2-4-24(32-14-19)21-5-8-25-23(13-21)29(39-18-20-10-12-38-17-20)34-28(33-25)16-35-27-15-31-11-9-26(27)36(30(35)37)22-6-7-22/h4-5,8-9,11,13-15,19-20,22H,2-3,6-7,10,12,16-18H2,1H3. The monoisotopic (exact) mass is 524 g/mol. The van der Waals surface area contributed by atoms with Gasteiger partial charge in [-0.2, -0.15) is 4.98 Å². The van der Waals surface area contributed by atoms with Crippen LogP contribution in [0.5, 0.6) is 5.88 Å². The van der Waals surface area contributed by atoms with Crippen molar-refractivity contribution in [1.82, 2.24) is 24.1 Å². The maximum Gasteiger partial charge on any atom is 0.329 e. The molecule has 1 saturated carbocycles. The summed E-state index contributed by atoms with van der Waals surface area (Å²) in [7, 11) is 0. The molecule has 2 aliphatic heterocycles. The lowest BCUT2D eigenvalue weighted by Gasteiger charge is -2.14. The van der Waals surface area contributed by atoms with E-state index in [4.69, 9.17) is 24.4 Å².